The molecule has 0 unspecified atom stereocenters. The predicted molar refractivity (Wildman–Crippen MR) is 57.3 cm³/mol. The third kappa shape index (κ3) is 2.49. The van der Waals surface area contributed by atoms with Crippen LogP contribution in [0.5, 0.6) is 0 Å². The van der Waals surface area contributed by atoms with Crippen LogP contribution in [0.3, 0.4) is 0 Å². The Balaban J connectivity index is 1.80. The van der Waals surface area contributed by atoms with Gasteiger partial charge < -0.3 is 15.4 Å². The van der Waals surface area contributed by atoms with Crippen LogP contribution in [-0.4, -0.2) is 43.2 Å². The highest BCUT2D eigenvalue weighted by atomic mass is 16.5. The van der Waals surface area contributed by atoms with Gasteiger partial charge in [0.25, 0.3) is 0 Å². The van der Waals surface area contributed by atoms with Crippen molar-refractivity contribution in [2.24, 2.45) is 11.1 Å². The van der Waals surface area contributed by atoms with E-state index in [0.717, 1.165) is 39.1 Å². The van der Waals surface area contributed by atoms with E-state index in [1.165, 1.54) is 0 Å². The van der Waals surface area contributed by atoms with Gasteiger partial charge in [-0.05, 0) is 12.8 Å². The van der Waals surface area contributed by atoms with E-state index in [1.807, 2.05) is 4.90 Å². The third-order valence-corrected chi connectivity index (χ3v) is 3.37. The van der Waals surface area contributed by atoms with Gasteiger partial charge in [-0.15, -0.1) is 0 Å². The van der Waals surface area contributed by atoms with Gasteiger partial charge in [-0.2, -0.15) is 0 Å². The number of hydrogen-bond acceptors (Lipinski definition) is 3. The average Bonchev–Trinajstić information content (AvgIpc) is 2.16. The summed E-state index contributed by atoms with van der Waals surface area (Å²) < 4.78 is 5.15. The number of carbonyl (C=O) groups is 1. The molecule has 4 nitrogen and oxygen atoms in total. The Morgan fingerprint density at radius 1 is 1.47 bits per heavy atom. The summed E-state index contributed by atoms with van der Waals surface area (Å²) in [6, 6.07) is 0.289. The van der Waals surface area contributed by atoms with Crippen LogP contribution in [-0.2, 0) is 9.53 Å². The quantitative estimate of drug-likeness (QED) is 0.719. The molecular formula is C11H20N2O2. The summed E-state index contributed by atoms with van der Waals surface area (Å²) in [5.74, 6) is 0.271. The van der Waals surface area contributed by atoms with Crippen LogP contribution in [0.2, 0.25) is 0 Å². The molecular weight excluding hydrogens is 192 g/mol. The largest absolute Gasteiger partial charge is 0.380 e. The van der Waals surface area contributed by atoms with Crippen molar-refractivity contribution in [3.63, 3.8) is 0 Å². The molecule has 0 aliphatic carbocycles. The Kier molecular flexibility index (Phi) is 2.98. The van der Waals surface area contributed by atoms with Crippen LogP contribution in [0.15, 0.2) is 0 Å². The maximum Gasteiger partial charge on any atom is 0.223 e. The molecule has 2 fully saturated rings. The zero-order valence-electron chi connectivity index (χ0n) is 9.37. The minimum atomic E-state index is 0.0939. The zero-order chi connectivity index (χ0) is 10.9. The van der Waals surface area contributed by atoms with Crippen molar-refractivity contribution in [2.75, 3.05) is 26.3 Å². The zero-order valence-corrected chi connectivity index (χ0v) is 9.37. The molecule has 4 heteroatoms. The van der Waals surface area contributed by atoms with E-state index >= 15 is 0 Å². The average molecular weight is 212 g/mol. The first-order chi connectivity index (χ1) is 7.09. The first kappa shape index (κ1) is 10.9. The highest BCUT2D eigenvalue weighted by molar-refractivity contribution is 5.77. The molecule has 2 aliphatic heterocycles. The molecule has 0 bridgehead atoms. The van der Waals surface area contributed by atoms with Crippen LogP contribution < -0.4 is 5.73 Å². The fraction of sp³-hybridized carbons (Fsp3) is 0.909. The van der Waals surface area contributed by atoms with Crippen LogP contribution >= 0.6 is 0 Å². The Labute approximate surface area is 90.8 Å². The minimum absolute atomic E-state index is 0.0939. The predicted octanol–water partition coefficient (Wildman–Crippen LogP) is 0.363. The van der Waals surface area contributed by atoms with Crippen molar-refractivity contribution in [3.05, 3.63) is 0 Å². The number of amides is 1. The Bertz CT molecular complexity index is 243. The molecule has 0 aromatic carbocycles. The number of carbonyl (C=O) groups excluding carboxylic acids is 1. The number of nitrogens with two attached hydrogens (primary N) is 1. The van der Waals surface area contributed by atoms with Crippen LogP contribution in [0.25, 0.3) is 0 Å². The fourth-order valence-electron chi connectivity index (χ4n) is 2.18. The van der Waals surface area contributed by atoms with Crippen molar-refractivity contribution in [3.8, 4) is 0 Å². The number of rotatable bonds is 2. The summed E-state index contributed by atoms with van der Waals surface area (Å²) in [4.78, 5) is 13.9. The lowest BCUT2D eigenvalue weighted by Crippen LogP contribution is -2.48. The molecule has 0 radical (unpaired) electrons. The summed E-state index contributed by atoms with van der Waals surface area (Å²) in [5.41, 5.74) is 5.90. The summed E-state index contributed by atoms with van der Waals surface area (Å²) in [5, 5.41) is 0. The van der Waals surface area contributed by atoms with E-state index in [1.54, 1.807) is 0 Å². The Morgan fingerprint density at radius 3 is 2.53 bits per heavy atom. The minimum Gasteiger partial charge on any atom is -0.380 e. The van der Waals surface area contributed by atoms with Gasteiger partial charge in [-0.25, -0.2) is 0 Å². The van der Waals surface area contributed by atoms with Gasteiger partial charge in [0.1, 0.15) is 0 Å². The number of likely N-dealkylation sites (tertiary alicyclic amines) is 1. The maximum absolute atomic E-state index is 11.9. The van der Waals surface area contributed by atoms with Crippen LogP contribution in [0.1, 0.15) is 26.2 Å². The molecule has 0 atom stereocenters. The van der Waals surface area contributed by atoms with E-state index in [4.69, 9.17) is 10.5 Å². The first-order valence-electron chi connectivity index (χ1n) is 5.70. The number of piperidine rings is 1. The van der Waals surface area contributed by atoms with Crippen molar-refractivity contribution in [1.82, 2.24) is 4.90 Å². The molecule has 86 valence electrons. The highest BCUT2D eigenvalue weighted by Crippen LogP contribution is 2.31. The first-order valence-corrected chi connectivity index (χ1v) is 5.70. The summed E-state index contributed by atoms with van der Waals surface area (Å²) >= 11 is 0. The lowest BCUT2D eigenvalue weighted by Gasteiger charge is -2.39. The second kappa shape index (κ2) is 4.10. The van der Waals surface area contributed by atoms with Gasteiger partial charge in [-0.1, -0.05) is 6.92 Å². The molecule has 0 spiro atoms. The maximum atomic E-state index is 11.9. The highest BCUT2D eigenvalue weighted by Gasteiger charge is 2.37. The topological polar surface area (TPSA) is 55.6 Å². The smallest absolute Gasteiger partial charge is 0.223 e. The lowest BCUT2D eigenvalue weighted by atomic mass is 9.84. The normalized spacial score (nSPS) is 26.1. The molecule has 0 aromatic rings. The Hall–Kier alpha value is -0.610. The molecule has 0 aromatic heterocycles. The van der Waals surface area contributed by atoms with Crippen LogP contribution in [0, 0.1) is 5.41 Å². The molecule has 0 saturated carbocycles. The van der Waals surface area contributed by atoms with Crippen molar-refractivity contribution >= 4 is 5.91 Å². The standard InChI is InChI=1S/C11H20N2O2/c1-11(7-15-8-11)6-10(14)13-4-2-9(12)3-5-13/h9H,2-8,12H2,1H3. The van der Waals surface area contributed by atoms with Gasteiger partial charge >= 0.3 is 0 Å². The SMILES string of the molecule is CC1(CC(=O)N2CCC(N)CC2)COC1. The Morgan fingerprint density at radius 2 is 2.07 bits per heavy atom. The lowest BCUT2D eigenvalue weighted by molar-refractivity contribution is -0.148. The van der Waals surface area contributed by atoms with E-state index in [9.17, 15) is 4.79 Å². The number of hydrogen-bond donors (Lipinski definition) is 1. The molecule has 2 N–H and O–H groups in total. The summed E-state index contributed by atoms with van der Waals surface area (Å²) in [6.07, 6.45) is 2.51. The second-order valence-electron chi connectivity index (χ2n) is 5.20. The van der Waals surface area contributed by atoms with Gasteiger partial charge in [0.05, 0.1) is 13.2 Å². The fourth-order valence-corrected chi connectivity index (χ4v) is 2.18. The molecule has 2 heterocycles. The van der Waals surface area contributed by atoms with Gasteiger partial charge in [0.15, 0.2) is 0 Å². The molecule has 15 heavy (non-hydrogen) atoms. The van der Waals surface area contributed by atoms with E-state index in [-0.39, 0.29) is 17.4 Å². The van der Waals surface area contributed by atoms with Crippen LogP contribution in [0.4, 0.5) is 0 Å². The number of ether oxygens (including phenoxy) is 1. The third-order valence-electron chi connectivity index (χ3n) is 3.37. The second-order valence-corrected chi connectivity index (χ2v) is 5.20. The number of nitrogens with zero attached hydrogens (tertiary/aromatic N) is 1. The van der Waals surface area contributed by atoms with Gasteiger partial charge in [0.2, 0.25) is 5.91 Å². The molecule has 2 aliphatic rings. The van der Waals surface area contributed by atoms with Crippen molar-refractivity contribution in [2.45, 2.75) is 32.2 Å². The van der Waals surface area contributed by atoms with Crippen molar-refractivity contribution < 1.29 is 9.53 Å². The van der Waals surface area contributed by atoms with E-state index in [0.29, 0.717) is 6.42 Å². The summed E-state index contributed by atoms with van der Waals surface area (Å²) in [7, 11) is 0. The van der Waals surface area contributed by atoms with Gasteiger partial charge in [-0.3, -0.25) is 4.79 Å². The molecule has 1 amide bonds. The van der Waals surface area contributed by atoms with Gasteiger partial charge in [0, 0.05) is 31.0 Å². The van der Waals surface area contributed by atoms with E-state index < -0.39 is 0 Å². The van der Waals surface area contributed by atoms with E-state index in [2.05, 4.69) is 6.92 Å². The van der Waals surface area contributed by atoms with Crippen molar-refractivity contribution in [1.29, 1.82) is 0 Å². The summed E-state index contributed by atoms with van der Waals surface area (Å²) in [6.45, 7) is 5.23. The molecule has 2 saturated heterocycles. The monoisotopic (exact) mass is 212 g/mol. The molecule has 2 rings (SSSR count).